The van der Waals surface area contributed by atoms with Gasteiger partial charge in [-0.25, -0.2) is 0 Å². The van der Waals surface area contributed by atoms with E-state index >= 15 is 0 Å². The van der Waals surface area contributed by atoms with Crippen molar-refractivity contribution in [2.24, 2.45) is 5.92 Å². The summed E-state index contributed by atoms with van der Waals surface area (Å²) < 4.78 is 6.28. The van der Waals surface area contributed by atoms with Gasteiger partial charge in [-0.05, 0) is 54.7 Å². The van der Waals surface area contributed by atoms with Crippen molar-refractivity contribution in [3.05, 3.63) is 92.7 Å². The molecule has 4 nitrogen and oxygen atoms in total. The van der Waals surface area contributed by atoms with E-state index in [9.17, 15) is 9.59 Å². The molecule has 0 amide bonds. The molecular weight excluding hydrogens is 478 g/mol. The van der Waals surface area contributed by atoms with E-state index in [-0.39, 0.29) is 24.3 Å². The molecule has 2 aromatic carbocycles. The molecule has 6 heteroatoms. The Morgan fingerprint density at radius 2 is 1.77 bits per heavy atom. The Bertz CT molecular complexity index is 1060. The third kappa shape index (κ3) is 4.35. The molecule has 0 bridgehead atoms. The van der Waals surface area contributed by atoms with Gasteiger partial charge < -0.3 is 10.1 Å². The summed E-state index contributed by atoms with van der Waals surface area (Å²) >= 11 is 9.49. The first-order valence-electron chi connectivity index (χ1n) is 10.3. The molecule has 0 fully saturated rings. The van der Waals surface area contributed by atoms with E-state index in [0.29, 0.717) is 29.1 Å². The highest BCUT2D eigenvalue weighted by Gasteiger charge is 2.45. The van der Waals surface area contributed by atoms with Crippen LogP contribution >= 0.6 is 27.5 Å². The number of carbonyl (C=O) groups excluding carboxylic acids is 2. The van der Waals surface area contributed by atoms with Crippen LogP contribution in [0.4, 0.5) is 0 Å². The van der Waals surface area contributed by atoms with Gasteiger partial charge in [0, 0.05) is 38.8 Å². The zero-order chi connectivity index (χ0) is 22.1. The fourth-order valence-corrected chi connectivity index (χ4v) is 4.95. The second-order valence-corrected chi connectivity index (χ2v) is 9.23. The summed E-state index contributed by atoms with van der Waals surface area (Å²) in [6.07, 6.45) is 1.06. The lowest BCUT2D eigenvalue weighted by Crippen LogP contribution is -2.42. The summed E-state index contributed by atoms with van der Waals surface area (Å²) in [7, 11) is 0. The van der Waals surface area contributed by atoms with Crippen LogP contribution in [0.2, 0.25) is 5.02 Å². The normalized spacial score (nSPS) is 23.3. The Hall–Kier alpha value is -2.37. The molecule has 31 heavy (non-hydrogen) atoms. The van der Waals surface area contributed by atoms with Gasteiger partial charge in [-0.15, -0.1) is 0 Å². The van der Waals surface area contributed by atoms with Crippen molar-refractivity contribution in [1.29, 1.82) is 0 Å². The van der Waals surface area contributed by atoms with Crippen molar-refractivity contribution in [2.75, 3.05) is 6.61 Å². The first kappa shape index (κ1) is 21.8. The standard InChI is InChI=1S/C25H23BrClNO3/c1-3-31-25(30)22-14(2)28-20-12-17(15-6-10-19(27)11-7-15)13-21(29)24(20)23(22)16-4-8-18(26)9-5-16/h4-11,17,22-23,28H,2-3,12-13H2,1H3. The van der Waals surface area contributed by atoms with E-state index in [1.807, 2.05) is 48.5 Å². The first-order valence-corrected chi connectivity index (χ1v) is 11.5. The Balaban J connectivity index is 1.78. The molecule has 0 spiro atoms. The summed E-state index contributed by atoms with van der Waals surface area (Å²) in [6, 6.07) is 15.4. The number of esters is 1. The van der Waals surface area contributed by atoms with Crippen LogP contribution in [-0.2, 0) is 14.3 Å². The minimum Gasteiger partial charge on any atom is -0.465 e. The van der Waals surface area contributed by atoms with Gasteiger partial charge in [-0.2, -0.15) is 0 Å². The molecule has 0 saturated carbocycles. The molecule has 3 unspecified atom stereocenters. The number of hydrogen-bond donors (Lipinski definition) is 1. The lowest BCUT2D eigenvalue weighted by molar-refractivity contribution is -0.147. The van der Waals surface area contributed by atoms with Crippen LogP contribution in [0.3, 0.4) is 0 Å². The number of allylic oxidation sites excluding steroid dienone is 2. The maximum atomic E-state index is 13.4. The molecule has 0 saturated heterocycles. The smallest absolute Gasteiger partial charge is 0.315 e. The largest absolute Gasteiger partial charge is 0.465 e. The lowest BCUT2D eigenvalue weighted by atomic mass is 9.69. The Labute approximate surface area is 195 Å². The van der Waals surface area contributed by atoms with E-state index in [0.717, 1.165) is 21.3 Å². The molecule has 1 heterocycles. The van der Waals surface area contributed by atoms with E-state index in [1.165, 1.54) is 0 Å². The fourth-order valence-electron chi connectivity index (χ4n) is 4.56. The molecule has 2 aromatic rings. The maximum Gasteiger partial charge on any atom is 0.315 e. The van der Waals surface area contributed by atoms with Gasteiger partial charge in [0.15, 0.2) is 5.78 Å². The predicted octanol–water partition coefficient (Wildman–Crippen LogP) is 5.88. The summed E-state index contributed by atoms with van der Waals surface area (Å²) in [5, 5.41) is 3.96. The van der Waals surface area contributed by atoms with E-state index < -0.39 is 11.8 Å². The number of rotatable bonds is 4. The van der Waals surface area contributed by atoms with Crippen molar-refractivity contribution >= 4 is 39.3 Å². The summed E-state index contributed by atoms with van der Waals surface area (Å²) in [6.45, 7) is 6.18. The molecule has 1 aliphatic carbocycles. The minimum absolute atomic E-state index is 0.0448. The monoisotopic (exact) mass is 499 g/mol. The van der Waals surface area contributed by atoms with Gasteiger partial charge in [0.05, 0.1) is 6.61 Å². The van der Waals surface area contributed by atoms with Crippen molar-refractivity contribution < 1.29 is 14.3 Å². The van der Waals surface area contributed by atoms with Crippen molar-refractivity contribution in [3.8, 4) is 0 Å². The zero-order valence-electron chi connectivity index (χ0n) is 17.2. The molecule has 1 N–H and O–H groups in total. The molecule has 2 aliphatic rings. The summed E-state index contributed by atoms with van der Waals surface area (Å²) in [4.78, 5) is 26.3. The topological polar surface area (TPSA) is 55.4 Å². The molecule has 0 radical (unpaired) electrons. The third-order valence-corrected chi connectivity index (χ3v) is 6.73. The van der Waals surface area contributed by atoms with Gasteiger partial charge in [-0.3, -0.25) is 9.59 Å². The lowest BCUT2D eigenvalue weighted by Gasteiger charge is -2.40. The molecule has 4 rings (SSSR count). The van der Waals surface area contributed by atoms with Crippen LogP contribution in [0.1, 0.15) is 42.7 Å². The average molecular weight is 501 g/mol. The highest BCUT2D eigenvalue weighted by molar-refractivity contribution is 9.10. The van der Waals surface area contributed by atoms with E-state index in [2.05, 4.69) is 27.8 Å². The Morgan fingerprint density at radius 1 is 1.13 bits per heavy atom. The molecule has 0 aromatic heterocycles. The SMILES string of the molecule is C=C1NC2=C(C(=O)CC(c3ccc(Cl)cc3)C2)C(c2ccc(Br)cc2)C1C(=O)OCC. The number of benzene rings is 2. The van der Waals surface area contributed by atoms with Gasteiger partial charge in [0.2, 0.25) is 0 Å². The Kier molecular flexibility index (Phi) is 6.35. The van der Waals surface area contributed by atoms with E-state index in [4.69, 9.17) is 16.3 Å². The van der Waals surface area contributed by atoms with Gasteiger partial charge >= 0.3 is 5.97 Å². The zero-order valence-corrected chi connectivity index (χ0v) is 19.5. The first-order chi connectivity index (χ1) is 14.9. The summed E-state index contributed by atoms with van der Waals surface area (Å²) in [5.74, 6) is -1.35. The highest BCUT2D eigenvalue weighted by atomic mass is 79.9. The minimum atomic E-state index is -0.657. The highest BCUT2D eigenvalue weighted by Crippen LogP contribution is 2.47. The van der Waals surface area contributed by atoms with Gasteiger partial charge in [-0.1, -0.05) is 58.4 Å². The van der Waals surface area contributed by atoms with Crippen LogP contribution in [0, 0.1) is 5.92 Å². The maximum absolute atomic E-state index is 13.4. The molecule has 3 atom stereocenters. The Morgan fingerprint density at radius 3 is 2.42 bits per heavy atom. The number of halogens is 2. The molecule has 160 valence electrons. The van der Waals surface area contributed by atoms with E-state index in [1.54, 1.807) is 6.92 Å². The van der Waals surface area contributed by atoms with Crippen LogP contribution in [0.15, 0.2) is 76.5 Å². The quantitative estimate of drug-likeness (QED) is 0.532. The van der Waals surface area contributed by atoms with Crippen LogP contribution in [0.5, 0.6) is 0 Å². The number of hydrogen-bond acceptors (Lipinski definition) is 4. The van der Waals surface area contributed by atoms with Crippen LogP contribution in [-0.4, -0.2) is 18.4 Å². The third-order valence-electron chi connectivity index (χ3n) is 5.95. The van der Waals surface area contributed by atoms with Crippen molar-refractivity contribution in [1.82, 2.24) is 5.32 Å². The van der Waals surface area contributed by atoms with Crippen molar-refractivity contribution in [3.63, 3.8) is 0 Å². The average Bonchev–Trinajstić information content (AvgIpc) is 2.74. The predicted molar refractivity (Wildman–Crippen MR) is 125 cm³/mol. The van der Waals surface area contributed by atoms with Gasteiger partial charge in [0.25, 0.3) is 0 Å². The fraction of sp³-hybridized carbons (Fsp3) is 0.280. The molecule has 1 aliphatic heterocycles. The van der Waals surface area contributed by atoms with Crippen LogP contribution < -0.4 is 5.32 Å². The summed E-state index contributed by atoms with van der Waals surface area (Å²) in [5.41, 5.74) is 4.04. The second-order valence-electron chi connectivity index (χ2n) is 7.88. The number of ketones is 1. The van der Waals surface area contributed by atoms with Crippen LogP contribution in [0.25, 0.3) is 0 Å². The number of nitrogens with one attached hydrogen (secondary N) is 1. The van der Waals surface area contributed by atoms with Crippen molar-refractivity contribution in [2.45, 2.75) is 31.6 Å². The number of ether oxygens (including phenoxy) is 1. The number of carbonyl (C=O) groups is 2. The second kappa shape index (κ2) is 9.01. The molecular formula is C25H23BrClNO3. The van der Waals surface area contributed by atoms with Gasteiger partial charge in [0.1, 0.15) is 5.92 Å². The number of Topliss-reactive ketones (excluding diaryl/α,β-unsaturated/α-hetero) is 1.